The van der Waals surface area contributed by atoms with Crippen LogP contribution in [0.3, 0.4) is 0 Å². The Morgan fingerprint density at radius 2 is 2.37 bits per heavy atom. The molecular formula is C23H25N3O3S. The zero-order chi connectivity index (χ0) is 20.8. The van der Waals surface area contributed by atoms with Crippen LogP contribution in [0.2, 0.25) is 0 Å². The van der Waals surface area contributed by atoms with Gasteiger partial charge in [-0.25, -0.2) is 4.79 Å². The number of benzene rings is 1. The Labute approximate surface area is 180 Å². The molecule has 30 heavy (non-hydrogen) atoms. The summed E-state index contributed by atoms with van der Waals surface area (Å²) in [6, 6.07) is 10.2. The number of ether oxygens (including phenoxy) is 1. The molecule has 2 amide bonds. The minimum Gasteiger partial charge on any atom is -0.493 e. The summed E-state index contributed by atoms with van der Waals surface area (Å²) in [6.45, 7) is 4.19. The van der Waals surface area contributed by atoms with Crippen LogP contribution in [0.25, 0.3) is 6.08 Å². The predicted octanol–water partition coefficient (Wildman–Crippen LogP) is 5.31. The zero-order valence-electron chi connectivity index (χ0n) is 16.9. The van der Waals surface area contributed by atoms with Crippen molar-refractivity contribution in [1.82, 2.24) is 10.1 Å². The molecule has 1 N–H and O–H groups in total. The van der Waals surface area contributed by atoms with Crippen LogP contribution in [0.1, 0.15) is 24.5 Å². The molecule has 1 saturated heterocycles. The summed E-state index contributed by atoms with van der Waals surface area (Å²) in [4.78, 5) is 14.2. The van der Waals surface area contributed by atoms with E-state index in [0.29, 0.717) is 25.4 Å². The number of nitrogens with one attached hydrogen (secondary N) is 1. The second-order valence-corrected chi connectivity index (χ2v) is 8.24. The van der Waals surface area contributed by atoms with E-state index in [1.54, 1.807) is 11.3 Å². The molecule has 0 saturated carbocycles. The van der Waals surface area contributed by atoms with Gasteiger partial charge in [0.15, 0.2) is 0 Å². The second kappa shape index (κ2) is 9.63. The van der Waals surface area contributed by atoms with Crippen molar-refractivity contribution in [3.05, 3.63) is 70.3 Å². The summed E-state index contributed by atoms with van der Waals surface area (Å²) in [5.41, 5.74) is 4.36. The molecule has 1 aliphatic rings. The monoisotopic (exact) mass is 423 g/mol. The zero-order valence-corrected chi connectivity index (χ0v) is 17.7. The summed E-state index contributed by atoms with van der Waals surface area (Å²) in [5, 5.41) is 10.7. The van der Waals surface area contributed by atoms with Gasteiger partial charge in [-0.05, 0) is 52.4 Å². The first-order chi connectivity index (χ1) is 14.7. The van der Waals surface area contributed by atoms with Crippen molar-refractivity contribution >= 4 is 29.1 Å². The molecule has 1 aromatic carbocycles. The van der Waals surface area contributed by atoms with E-state index in [9.17, 15) is 4.79 Å². The van der Waals surface area contributed by atoms with E-state index in [1.807, 2.05) is 17.0 Å². The molecule has 7 heteroatoms. The first-order valence-corrected chi connectivity index (χ1v) is 11.0. The van der Waals surface area contributed by atoms with Gasteiger partial charge in [-0.1, -0.05) is 35.9 Å². The number of carbonyl (C=O) groups excluding carboxylic acids is 1. The van der Waals surface area contributed by atoms with Gasteiger partial charge in [0.25, 0.3) is 0 Å². The fourth-order valence-electron chi connectivity index (χ4n) is 3.55. The molecule has 0 aliphatic carbocycles. The molecule has 1 atom stereocenters. The van der Waals surface area contributed by atoms with Gasteiger partial charge in [0, 0.05) is 19.5 Å². The van der Waals surface area contributed by atoms with Gasteiger partial charge < -0.3 is 19.5 Å². The number of anilines is 1. The lowest BCUT2D eigenvalue weighted by Gasteiger charge is -2.33. The Bertz CT molecular complexity index is 983. The number of piperidine rings is 1. The molecule has 3 heterocycles. The fourth-order valence-corrected chi connectivity index (χ4v) is 4.25. The number of carbonyl (C=O) groups is 1. The van der Waals surface area contributed by atoms with Crippen molar-refractivity contribution in [2.24, 2.45) is 5.92 Å². The summed E-state index contributed by atoms with van der Waals surface area (Å²) >= 11 is 1.71. The highest BCUT2D eigenvalue weighted by Gasteiger charge is 2.24. The highest BCUT2D eigenvalue weighted by atomic mass is 32.1. The lowest BCUT2D eigenvalue weighted by molar-refractivity contribution is 0.198. The van der Waals surface area contributed by atoms with Gasteiger partial charge >= 0.3 is 6.03 Å². The highest BCUT2D eigenvalue weighted by Crippen LogP contribution is 2.26. The van der Waals surface area contributed by atoms with Crippen LogP contribution in [-0.4, -0.2) is 35.8 Å². The SMILES string of the molecule is CC1CN(C(=O)Nc2cnoc2)CCC1=Cc1cccc(OCCc2ccsc2)c1. The average molecular weight is 424 g/mol. The Hall–Kier alpha value is -3.06. The van der Waals surface area contributed by atoms with Gasteiger partial charge in [-0.3, -0.25) is 0 Å². The molecule has 0 spiro atoms. The predicted molar refractivity (Wildman–Crippen MR) is 119 cm³/mol. The Morgan fingerprint density at radius 1 is 1.43 bits per heavy atom. The van der Waals surface area contributed by atoms with Crippen LogP contribution in [0.5, 0.6) is 5.75 Å². The van der Waals surface area contributed by atoms with E-state index >= 15 is 0 Å². The minimum absolute atomic E-state index is 0.120. The van der Waals surface area contributed by atoms with Crippen LogP contribution >= 0.6 is 11.3 Å². The topological polar surface area (TPSA) is 67.6 Å². The van der Waals surface area contributed by atoms with E-state index in [2.05, 4.69) is 52.4 Å². The molecule has 1 fully saturated rings. The smallest absolute Gasteiger partial charge is 0.322 e. The molecule has 1 unspecified atom stereocenters. The number of urea groups is 1. The maximum Gasteiger partial charge on any atom is 0.322 e. The third-order valence-corrected chi connectivity index (χ3v) is 5.95. The normalized spacial score (nSPS) is 17.8. The fraction of sp³-hybridized carbons (Fsp3) is 0.304. The number of hydrogen-bond donors (Lipinski definition) is 1. The lowest BCUT2D eigenvalue weighted by Crippen LogP contribution is -2.42. The molecule has 2 aromatic heterocycles. The minimum atomic E-state index is -0.120. The summed E-state index contributed by atoms with van der Waals surface area (Å²) in [7, 11) is 0. The maximum atomic E-state index is 12.4. The summed E-state index contributed by atoms with van der Waals surface area (Å²) < 4.78 is 10.7. The van der Waals surface area contributed by atoms with Crippen LogP contribution < -0.4 is 10.1 Å². The Kier molecular flexibility index (Phi) is 6.49. The van der Waals surface area contributed by atoms with Gasteiger partial charge in [0.2, 0.25) is 0 Å². The lowest BCUT2D eigenvalue weighted by atomic mass is 9.91. The van der Waals surface area contributed by atoms with Crippen molar-refractivity contribution in [3.8, 4) is 5.75 Å². The number of nitrogens with zero attached hydrogens (tertiary/aromatic N) is 2. The number of thiophene rings is 1. The number of likely N-dealkylation sites (tertiary alicyclic amines) is 1. The molecule has 0 bridgehead atoms. The van der Waals surface area contributed by atoms with Gasteiger partial charge in [0.05, 0.1) is 12.8 Å². The third kappa shape index (κ3) is 5.30. The van der Waals surface area contributed by atoms with Crippen LogP contribution in [0.15, 0.2) is 63.6 Å². The molecule has 4 rings (SSSR count). The average Bonchev–Trinajstić information content (AvgIpc) is 3.44. The molecular weight excluding hydrogens is 398 g/mol. The van der Waals surface area contributed by atoms with E-state index < -0.39 is 0 Å². The van der Waals surface area contributed by atoms with E-state index in [0.717, 1.165) is 24.2 Å². The quantitative estimate of drug-likeness (QED) is 0.583. The van der Waals surface area contributed by atoms with Crippen LogP contribution in [0, 0.1) is 5.92 Å². The van der Waals surface area contributed by atoms with Gasteiger partial charge in [-0.15, -0.1) is 0 Å². The van der Waals surface area contributed by atoms with Crippen molar-refractivity contribution in [3.63, 3.8) is 0 Å². The van der Waals surface area contributed by atoms with Crippen LogP contribution in [-0.2, 0) is 6.42 Å². The Morgan fingerprint density at radius 3 is 3.13 bits per heavy atom. The van der Waals surface area contributed by atoms with Crippen molar-refractivity contribution in [2.75, 3.05) is 25.0 Å². The number of hydrogen-bond acceptors (Lipinski definition) is 5. The van der Waals surface area contributed by atoms with Crippen molar-refractivity contribution in [1.29, 1.82) is 0 Å². The largest absolute Gasteiger partial charge is 0.493 e. The van der Waals surface area contributed by atoms with Crippen LogP contribution in [0.4, 0.5) is 10.5 Å². The van der Waals surface area contributed by atoms with E-state index in [-0.39, 0.29) is 11.9 Å². The number of amides is 2. The molecule has 1 aliphatic heterocycles. The maximum absolute atomic E-state index is 12.4. The van der Waals surface area contributed by atoms with Gasteiger partial charge in [0.1, 0.15) is 17.7 Å². The molecule has 0 radical (unpaired) electrons. The van der Waals surface area contributed by atoms with E-state index in [1.165, 1.54) is 23.6 Å². The summed E-state index contributed by atoms with van der Waals surface area (Å²) in [6.07, 6.45) is 6.91. The number of aromatic nitrogens is 1. The molecule has 6 nitrogen and oxygen atoms in total. The van der Waals surface area contributed by atoms with E-state index in [4.69, 9.17) is 9.26 Å². The van der Waals surface area contributed by atoms with Gasteiger partial charge in [-0.2, -0.15) is 11.3 Å². The first-order valence-electron chi connectivity index (χ1n) is 10.1. The molecule has 3 aromatic rings. The summed E-state index contributed by atoms with van der Waals surface area (Å²) in [5.74, 6) is 1.17. The van der Waals surface area contributed by atoms with Crippen molar-refractivity contribution < 1.29 is 14.1 Å². The third-order valence-electron chi connectivity index (χ3n) is 5.22. The van der Waals surface area contributed by atoms with Crippen molar-refractivity contribution in [2.45, 2.75) is 19.8 Å². The number of rotatable bonds is 6. The molecule has 156 valence electrons. The second-order valence-electron chi connectivity index (χ2n) is 7.46. The first kappa shape index (κ1) is 20.2. The standard InChI is InChI=1S/C23H25N3O3S/c1-17-14-26(23(27)25-21-13-24-29-15-21)8-5-20(17)11-19-3-2-4-22(12-19)28-9-6-18-7-10-30-16-18/h2-4,7,10-13,15-17H,5-6,8-9,14H2,1H3,(H,25,27). The highest BCUT2D eigenvalue weighted by molar-refractivity contribution is 7.07. The Balaban J connectivity index is 1.32.